The summed E-state index contributed by atoms with van der Waals surface area (Å²) in [6.45, 7) is 0. The van der Waals surface area contributed by atoms with Gasteiger partial charge < -0.3 is 10.1 Å². The van der Waals surface area contributed by atoms with Crippen LogP contribution in [0.2, 0.25) is 10.0 Å². The standard InChI is InChI=1S/C18H16Cl2FNO3/c1-25-18(24)16(9-12-5-6-13(19)10-15(12)20)22-17(23)8-11-3-2-4-14(21)7-11/h2-7,10,16H,8-9H2,1H3,(H,22,23)/t16-/m0/s1. The average molecular weight is 384 g/mol. The van der Waals surface area contributed by atoms with Crippen LogP contribution in [0.3, 0.4) is 0 Å². The number of hydrogen-bond acceptors (Lipinski definition) is 3. The van der Waals surface area contributed by atoms with Crippen LogP contribution in [-0.4, -0.2) is 25.0 Å². The smallest absolute Gasteiger partial charge is 0.328 e. The van der Waals surface area contributed by atoms with Crippen LogP contribution in [0.5, 0.6) is 0 Å². The summed E-state index contributed by atoms with van der Waals surface area (Å²) in [5.74, 6) is -1.45. The van der Waals surface area contributed by atoms with Crippen molar-refractivity contribution < 1.29 is 18.7 Å². The second-order valence-corrected chi connectivity index (χ2v) is 6.23. The van der Waals surface area contributed by atoms with E-state index in [4.69, 9.17) is 27.9 Å². The summed E-state index contributed by atoms with van der Waals surface area (Å²) in [5.41, 5.74) is 1.15. The minimum atomic E-state index is -0.912. The number of carbonyl (C=O) groups is 2. The van der Waals surface area contributed by atoms with Gasteiger partial charge in [-0.25, -0.2) is 9.18 Å². The van der Waals surface area contributed by atoms with Crippen molar-refractivity contribution in [2.24, 2.45) is 0 Å². The van der Waals surface area contributed by atoms with Gasteiger partial charge in [-0.2, -0.15) is 0 Å². The highest BCUT2D eigenvalue weighted by molar-refractivity contribution is 6.35. The Morgan fingerprint density at radius 3 is 2.60 bits per heavy atom. The summed E-state index contributed by atoms with van der Waals surface area (Å²) in [4.78, 5) is 24.2. The summed E-state index contributed by atoms with van der Waals surface area (Å²) < 4.78 is 17.9. The minimum Gasteiger partial charge on any atom is -0.467 e. The lowest BCUT2D eigenvalue weighted by Crippen LogP contribution is -2.43. The fourth-order valence-corrected chi connectivity index (χ4v) is 2.81. The Labute approximate surface area is 154 Å². The first-order valence-electron chi connectivity index (χ1n) is 7.44. The molecule has 132 valence electrons. The Kier molecular flexibility index (Phi) is 6.79. The molecule has 25 heavy (non-hydrogen) atoms. The Balaban J connectivity index is 2.09. The van der Waals surface area contributed by atoms with E-state index in [-0.39, 0.29) is 12.8 Å². The number of hydrogen-bond donors (Lipinski definition) is 1. The van der Waals surface area contributed by atoms with Crippen molar-refractivity contribution in [1.82, 2.24) is 5.32 Å². The number of methoxy groups -OCH3 is 1. The highest BCUT2D eigenvalue weighted by Crippen LogP contribution is 2.22. The predicted molar refractivity (Wildman–Crippen MR) is 94.2 cm³/mol. The maximum absolute atomic E-state index is 13.2. The fourth-order valence-electron chi connectivity index (χ4n) is 2.32. The van der Waals surface area contributed by atoms with Crippen LogP contribution in [0.25, 0.3) is 0 Å². The van der Waals surface area contributed by atoms with Gasteiger partial charge in [0.05, 0.1) is 13.5 Å². The van der Waals surface area contributed by atoms with Gasteiger partial charge in [0, 0.05) is 16.5 Å². The zero-order chi connectivity index (χ0) is 18.4. The van der Waals surface area contributed by atoms with Gasteiger partial charge in [0.15, 0.2) is 0 Å². The maximum atomic E-state index is 13.2. The molecule has 0 unspecified atom stereocenters. The third kappa shape index (κ3) is 5.73. The van der Waals surface area contributed by atoms with Crippen molar-refractivity contribution in [3.63, 3.8) is 0 Å². The SMILES string of the molecule is COC(=O)[C@H](Cc1ccc(Cl)cc1Cl)NC(=O)Cc1cccc(F)c1. The lowest BCUT2D eigenvalue weighted by Gasteiger charge is -2.17. The van der Waals surface area contributed by atoms with Crippen molar-refractivity contribution in [2.45, 2.75) is 18.9 Å². The van der Waals surface area contributed by atoms with E-state index in [9.17, 15) is 14.0 Å². The highest BCUT2D eigenvalue weighted by Gasteiger charge is 2.23. The van der Waals surface area contributed by atoms with Crippen molar-refractivity contribution in [1.29, 1.82) is 0 Å². The first-order valence-corrected chi connectivity index (χ1v) is 8.20. The van der Waals surface area contributed by atoms with E-state index in [2.05, 4.69) is 5.32 Å². The lowest BCUT2D eigenvalue weighted by atomic mass is 10.0. The van der Waals surface area contributed by atoms with Crippen LogP contribution in [0, 0.1) is 5.82 Å². The Bertz CT molecular complexity index is 783. The lowest BCUT2D eigenvalue weighted by molar-refractivity contribution is -0.145. The van der Waals surface area contributed by atoms with Crippen LogP contribution >= 0.6 is 23.2 Å². The van der Waals surface area contributed by atoms with Crippen molar-refractivity contribution in [3.8, 4) is 0 Å². The number of carbonyl (C=O) groups excluding carboxylic acids is 2. The molecular weight excluding hydrogens is 368 g/mol. The summed E-state index contributed by atoms with van der Waals surface area (Å²) in [7, 11) is 1.23. The predicted octanol–water partition coefficient (Wildman–Crippen LogP) is 3.58. The topological polar surface area (TPSA) is 55.4 Å². The molecule has 4 nitrogen and oxygen atoms in total. The fraction of sp³-hybridized carbons (Fsp3) is 0.222. The Hall–Kier alpha value is -2.11. The monoisotopic (exact) mass is 383 g/mol. The molecule has 0 aliphatic heterocycles. The second-order valence-electron chi connectivity index (χ2n) is 5.39. The van der Waals surface area contributed by atoms with Gasteiger partial charge in [0.1, 0.15) is 11.9 Å². The number of esters is 1. The number of nitrogens with one attached hydrogen (secondary N) is 1. The first-order chi connectivity index (χ1) is 11.9. The molecule has 0 spiro atoms. The molecule has 0 aromatic heterocycles. The van der Waals surface area contributed by atoms with Crippen LogP contribution < -0.4 is 5.32 Å². The van der Waals surface area contributed by atoms with E-state index in [1.54, 1.807) is 24.3 Å². The van der Waals surface area contributed by atoms with Crippen molar-refractivity contribution in [3.05, 3.63) is 69.5 Å². The normalized spacial score (nSPS) is 11.7. The van der Waals surface area contributed by atoms with E-state index in [1.807, 2.05) is 0 Å². The van der Waals surface area contributed by atoms with Gasteiger partial charge in [-0.05, 0) is 35.4 Å². The van der Waals surface area contributed by atoms with E-state index < -0.39 is 23.7 Å². The van der Waals surface area contributed by atoms with Gasteiger partial charge in [-0.15, -0.1) is 0 Å². The van der Waals surface area contributed by atoms with Crippen LogP contribution in [0.4, 0.5) is 4.39 Å². The molecule has 1 amide bonds. The molecule has 7 heteroatoms. The van der Waals surface area contributed by atoms with Gasteiger partial charge in [-0.3, -0.25) is 4.79 Å². The zero-order valence-electron chi connectivity index (χ0n) is 13.4. The van der Waals surface area contributed by atoms with E-state index >= 15 is 0 Å². The van der Waals surface area contributed by atoms with Crippen LogP contribution in [0.1, 0.15) is 11.1 Å². The molecule has 0 aliphatic carbocycles. The van der Waals surface area contributed by atoms with Gasteiger partial charge >= 0.3 is 5.97 Å². The summed E-state index contributed by atoms with van der Waals surface area (Å²) >= 11 is 12.0. The van der Waals surface area contributed by atoms with Gasteiger partial charge in [0.25, 0.3) is 0 Å². The number of rotatable bonds is 6. The summed E-state index contributed by atoms with van der Waals surface area (Å²) in [5, 5.41) is 3.46. The number of halogens is 3. The third-order valence-corrected chi connectivity index (χ3v) is 4.10. The quantitative estimate of drug-likeness (QED) is 0.775. The van der Waals surface area contributed by atoms with Crippen LogP contribution in [-0.2, 0) is 27.2 Å². The molecule has 0 saturated heterocycles. The molecule has 0 saturated carbocycles. The maximum Gasteiger partial charge on any atom is 0.328 e. The summed E-state index contributed by atoms with van der Waals surface area (Å²) in [6.07, 6.45) is 0.0944. The van der Waals surface area contributed by atoms with Crippen LogP contribution in [0.15, 0.2) is 42.5 Å². The second kappa shape index (κ2) is 8.83. The molecule has 0 radical (unpaired) electrons. The molecule has 0 fully saturated rings. The Morgan fingerprint density at radius 1 is 1.20 bits per heavy atom. The van der Waals surface area contributed by atoms with E-state index in [0.29, 0.717) is 21.2 Å². The number of benzene rings is 2. The number of amides is 1. The largest absolute Gasteiger partial charge is 0.467 e. The number of ether oxygens (including phenoxy) is 1. The zero-order valence-corrected chi connectivity index (χ0v) is 14.9. The molecular formula is C18H16Cl2FNO3. The van der Waals surface area contributed by atoms with Gasteiger partial charge in [-0.1, -0.05) is 41.4 Å². The van der Waals surface area contributed by atoms with Crippen molar-refractivity contribution >= 4 is 35.1 Å². The summed E-state index contributed by atoms with van der Waals surface area (Å²) in [6, 6.07) is 9.68. The third-order valence-electron chi connectivity index (χ3n) is 3.51. The molecule has 2 aromatic carbocycles. The average Bonchev–Trinajstić information content (AvgIpc) is 2.55. The highest BCUT2D eigenvalue weighted by atomic mass is 35.5. The van der Waals surface area contributed by atoms with E-state index in [0.717, 1.165) is 0 Å². The molecule has 0 bridgehead atoms. The molecule has 0 heterocycles. The van der Waals surface area contributed by atoms with Crippen molar-refractivity contribution in [2.75, 3.05) is 7.11 Å². The first kappa shape index (κ1) is 19.2. The molecule has 0 aliphatic rings. The van der Waals surface area contributed by atoms with E-state index in [1.165, 1.54) is 25.3 Å². The van der Waals surface area contributed by atoms with Gasteiger partial charge in [0.2, 0.25) is 5.91 Å². The molecule has 2 rings (SSSR count). The Morgan fingerprint density at radius 2 is 1.96 bits per heavy atom. The molecule has 1 atom stereocenters. The minimum absolute atomic E-state index is 0.0559. The molecule has 2 aromatic rings. The molecule has 1 N–H and O–H groups in total.